The highest BCUT2D eigenvalue weighted by molar-refractivity contribution is 5.67. The minimum Gasteiger partial charge on any atom is -0.481 e. The highest BCUT2D eigenvalue weighted by Crippen LogP contribution is 2.37. The van der Waals surface area contributed by atoms with Crippen molar-refractivity contribution in [3.05, 3.63) is 0 Å². The fourth-order valence-corrected chi connectivity index (χ4v) is 1.90. The van der Waals surface area contributed by atoms with Crippen LogP contribution in [0.15, 0.2) is 0 Å². The summed E-state index contributed by atoms with van der Waals surface area (Å²) in [7, 11) is 0. The van der Waals surface area contributed by atoms with Crippen LogP contribution in [0.5, 0.6) is 0 Å². The van der Waals surface area contributed by atoms with E-state index in [0.717, 1.165) is 5.92 Å². The van der Waals surface area contributed by atoms with Crippen LogP contribution in [0.4, 0.5) is 0 Å². The van der Waals surface area contributed by atoms with Gasteiger partial charge in [-0.3, -0.25) is 4.79 Å². The lowest BCUT2D eigenvalue weighted by atomic mass is 9.84. The van der Waals surface area contributed by atoms with Gasteiger partial charge in [-0.2, -0.15) is 0 Å². The molecule has 1 rings (SSSR count). The number of carbonyl (C=O) groups is 1. The number of hydrogen-bond donors (Lipinski definition) is 2. The molecule has 1 aliphatic rings. The van der Waals surface area contributed by atoms with Crippen molar-refractivity contribution in [3.63, 3.8) is 0 Å². The van der Waals surface area contributed by atoms with Crippen molar-refractivity contribution in [3.8, 4) is 0 Å². The predicted molar refractivity (Wildman–Crippen MR) is 55.9 cm³/mol. The van der Waals surface area contributed by atoms with E-state index in [4.69, 9.17) is 10.8 Å². The van der Waals surface area contributed by atoms with Crippen LogP contribution < -0.4 is 5.73 Å². The van der Waals surface area contributed by atoms with E-state index in [1.807, 2.05) is 0 Å². The molecule has 1 fully saturated rings. The molecular formula is C11H21NO2. The van der Waals surface area contributed by atoms with E-state index in [-0.39, 0.29) is 12.5 Å². The Morgan fingerprint density at radius 1 is 1.50 bits per heavy atom. The lowest BCUT2D eigenvalue weighted by Crippen LogP contribution is -2.34. The van der Waals surface area contributed by atoms with Gasteiger partial charge < -0.3 is 10.8 Å². The molecule has 3 unspecified atom stereocenters. The van der Waals surface area contributed by atoms with E-state index < -0.39 is 5.97 Å². The van der Waals surface area contributed by atoms with Gasteiger partial charge in [-0.15, -0.1) is 0 Å². The Labute approximate surface area is 85.7 Å². The van der Waals surface area contributed by atoms with Crippen LogP contribution in [0.1, 0.15) is 39.5 Å². The highest BCUT2D eigenvalue weighted by atomic mass is 16.4. The van der Waals surface area contributed by atoms with Crippen LogP contribution in [-0.2, 0) is 4.79 Å². The largest absolute Gasteiger partial charge is 0.481 e. The second kappa shape index (κ2) is 4.78. The first kappa shape index (κ1) is 11.5. The van der Waals surface area contributed by atoms with Crippen LogP contribution >= 0.6 is 0 Å². The van der Waals surface area contributed by atoms with Gasteiger partial charge in [0, 0.05) is 6.04 Å². The van der Waals surface area contributed by atoms with Gasteiger partial charge in [-0.1, -0.05) is 26.7 Å². The Morgan fingerprint density at radius 2 is 2.07 bits per heavy atom. The van der Waals surface area contributed by atoms with Gasteiger partial charge >= 0.3 is 5.97 Å². The molecule has 1 saturated carbocycles. The lowest BCUT2D eigenvalue weighted by Gasteiger charge is -2.24. The van der Waals surface area contributed by atoms with Crippen molar-refractivity contribution in [2.45, 2.75) is 45.6 Å². The summed E-state index contributed by atoms with van der Waals surface area (Å²) >= 11 is 0. The molecule has 0 bridgehead atoms. The SMILES string of the molecule is CC(CC1CC1)C(C)C(N)CC(=O)O. The maximum Gasteiger partial charge on any atom is 0.304 e. The number of hydrogen-bond acceptors (Lipinski definition) is 2. The topological polar surface area (TPSA) is 63.3 Å². The third-order valence-corrected chi connectivity index (χ3v) is 3.39. The Hall–Kier alpha value is -0.570. The van der Waals surface area contributed by atoms with E-state index in [1.54, 1.807) is 0 Å². The van der Waals surface area contributed by atoms with Crippen LogP contribution in [0.2, 0.25) is 0 Å². The Bertz CT molecular complexity index is 201. The molecular weight excluding hydrogens is 178 g/mol. The minimum atomic E-state index is -0.789. The minimum absolute atomic E-state index is 0.0934. The summed E-state index contributed by atoms with van der Waals surface area (Å²) in [5, 5.41) is 8.63. The van der Waals surface area contributed by atoms with Gasteiger partial charge in [0.2, 0.25) is 0 Å². The second-order valence-corrected chi connectivity index (χ2v) is 4.78. The van der Waals surface area contributed by atoms with E-state index >= 15 is 0 Å². The quantitative estimate of drug-likeness (QED) is 0.686. The highest BCUT2D eigenvalue weighted by Gasteiger charge is 2.28. The molecule has 0 aromatic heterocycles. The lowest BCUT2D eigenvalue weighted by molar-refractivity contribution is -0.137. The van der Waals surface area contributed by atoms with E-state index in [2.05, 4.69) is 13.8 Å². The standard InChI is InChI=1S/C11H21NO2/c1-7(5-9-3-4-9)8(2)10(12)6-11(13)14/h7-10H,3-6,12H2,1-2H3,(H,13,14). The van der Waals surface area contributed by atoms with Crippen molar-refractivity contribution >= 4 is 5.97 Å². The van der Waals surface area contributed by atoms with Crippen LogP contribution in [0, 0.1) is 17.8 Å². The average Bonchev–Trinajstić information content (AvgIpc) is 2.85. The summed E-state index contributed by atoms with van der Waals surface area (Å²) in [5.74, 6) is 0.969. The van der Waals surface area contributed by atoms with Crippen molar-refractivity contribution in [2.24, 2.45) is 23.5 Å². The molecule has 0 spiro atoms. The molecule has 3 heteroatoms. The molecule has 82 valence electrons. The molecule has 0 heterocycles. The number of aliphatic carboxylic acids is 1. The summed E-state index contributed by atoms with van der Waals surface area (Å²) in [5.41, 5.74) is 5.83. The summed E-state index contributed by atoms with van der Waals surface area (Å²) in [6.07, 6.45) is 4.01. The molecule has 1 aliphatic carbocycles. The normalized spacial score (nSPS) is 22.8. The molecule has 0 saturated heterocycles. The molecule has 0 aliphatic heterocycles. The van der Waals surface area contributed by atoms with E-state index in [1.165, 1.54) is 19.3 Å². The zero-order valence-corrected chi connectivity index (χ0v) is 9.07. The van der Waals surface area contributed by atoms with Crippen molar-refractivity contribution in [1.82, 2.24) is 0 Å². The van der Waals surface area contributed by atoms with Crippen molar-refractivity contribution in [1.29, 1.82) is 0 Å². The maximum absolute atomic E-state index is 10.5. The Morgan fingerprint density at radius 3 is 2.50 bits per heavy atom. The number of nitrogens with two attached hydrogens (primary N) is 1. The van der Waals surface area contributed by atoms with Crippen LogP contribution in [0.25, 0.3) is 0 Å². The molecule has 0 radical (unpaired) electrons. The Kier molecular flexibility index (Phi) is 3.93. The van der Waals surface area contributed by atoms with E-state index in [0.29, 0.717) is 11.8 Å². The molecule has 0 amide bonds. The summed E-state index contributed by atoms with van der Waals surface area (Å²) in [6, 6.07) is -0.193. The second-order valence-electron chi connectivity index (χ2n) is 4.78. The summed E-state index contributed by atoms with van der Waals surface area (Å²) < 4.78 is 0. The monoisotopic (exact) mass is 199 g/mol. The van der Waals surface area contributed by atoms with Gasteiger partial charge in [0.15, 0.2) is 0 Å². The first-order valence-corrected chi connectivity index (χ1v) is 5.48. The zero-order valence-electron chi connectivity index (χ0n) is 9.07. The van der Waals surface area contributed by atoms with Gasteiger partial charge in [0.1, 0.15) is 0 Å². The van der Waals surface area contributed by atoms with Crippen molar-refractivity contribution in [2.75, 3.05) is 0 Å². The van der Waals surface area contributed by atoms with Crippen molar-refractivity contribution < 1.29 is 9.90 Å². The van der Waals surface area contributed by atoms with Crippen LogP contribution in [-0.4, -0.2) is 17.1 Å². The Balaban J connectivity index is 2.29. The summed E-state index contributed by atoms with van der Waals surface area (Å²) in [6.45, 7) is 4.26. The fourth-order valence-electron chi connectivity index (χ4n) is 1.90. The van der Waals surface area contributed by atoms with Gasteiger partial charge in [-0.05, 0) is 24.2 Å². The molecule has 0 aromatic rings. The maximum atomic E-state index is 10.5. The first-order chi connectivity index (χ1) is 6.50. The first-order valence-electron chi connectivity index (χ1n) is 5.48. The van der Waals surface area contributed by atoms with Gasteiger partial charge in [0.05, 0.1) is 6.42 Å². The van der Waals surface area contributed by atoms with E-state index in [9.17, 15) is 4.79 Å². The fraction of sp³-hybridized carbons (Fsp3) is 0.909. The molecule has 14 heavy (non-hydrogen) atoms. The molecule has 3 N–H and O–H groups in total. The van der Waals surface area contributed by atoms with Gasteiger partial charge in [-0.25, -0.2) is 0 Å². The third-order valence-electron chi connectivity index (χ3n) is 3.39. The predicted octanol–water partition coefficient (Wildman–Crippen LogP) is 1.86. The number of carboxylic acid groups (broad SMARTS) is 1. The van der Waals surface area contributed by atoms with Crippen LogP contribution in [0.3, 0.4) is 0 Å². The summed E-state index contributed by atoms with van der Waals surface area (Å²) in [4.78, 5) is 10.5. The molecule has 3 nitrogen and oxygen atoms in total. The zero-order chi connectivity index (χ0) is 10.7. The smallest absolute Gasteiger partial charge is 0.304 e. The number of carboxylic acids is 1. The van der Waals surface area contributed by atoms with Gasteiger partial charge in [0.25, 0.3) is 0 Å². The average molecular weight is 199 g/mol. The molecule has 0 aromatic carbocycles. The third kappa shape index (κ3) is 3.66. The molecule has 3 atom stereocenters. The number of rotatable bonds is 6.